The second-order valence-corrected chi connectivity index (χ2v) is 6.70. The Morgan fingerprint density at radius 1 is 1.07 bits per heavy atom. The first-order valence-corrected chi connectivity index (χ1v) is 9.25. The molecule has 0 saturated heterocycles. The zero-order valence-electron chi connectivity index (χ0n) is 15.7. The van der Waals surface area contributed by atoms with Crippen LogP contribution < -0.4 is 10.1 Å². The number of amides is 2. The summed E-state index contributed by atoms with van der Waals surface area (Å²) in [7, 11) is 1.61. The molecule has 0 aliphatic heterocycles. The van der Waals surface area contributed by atoms with Gasteiger partial charge >= 0.3 is 0 Å². The maximum atomic E-state index is 12.1. The molecule has 0 aromatic heterocycles. The van der Waals surface area contributed by atoms with Crippen molar-refractivity contribution in [3.63, 3.8) is 0 Å². The first-order valence-electron chi connectivity index (χ1n) is 8.87. The van der Waals surface area contributed by atoms with E-state index in [-0.39, 0.29) is 11.8 Å². The lowest BCUT2D eigenvalue weighted by Crippen LogP contribution is -2.39. The number of hydrogen-bond acceptors (Lipinski definition) is 3. The van der Waals surface area contributed by atoms with Gasteiger partial charge in [0.2, 0.25) is 11.8 Å². The molecule has 0 unspecified atom stereocenters. The molecule has 0 bridgehead atoms. The number of nitrogens with zero attached hydrogens (tertiary/aromatic N) is 1. The molecule has 0 radical (unpaired) electrons. The van der Waals surface area contributed by atoms with E-state index in [4.69, 9.17) is 16.3 Å². The summed E-state index contributed by atoms with van der Waals surface area (Å²) in [4.78, 5) is 25.6. The number of ether oxygens (including phenoxy) is 1. The number of rotatable bonds is 9. The van der Waals surface area contributed by atoms with Gasteiger partial charge in [-0.1, -0.05) is 35.9 Å². The minimum Gasteiger partial charge on any atom is -0.497 e. The lowest BCUT2D eigenvalue weighted by atomic mass is 10.1. The van der Waals surface area contributed by atoms with E-state index in [0.717, 1.165) is 23.3 Å². The molecule has 2 rings (SSSR count). The maximum Gasteiger partial charge on any atom is 0.224 e. The van der Waals surface area contributed by atoms with Crippen molar-refractivity contribution >= 4 is 23.4 Å². The Morgan fingerprint density at radius 3 is 2.44 bits per heavy atom. The quantitative estimate of drug-likeness (QED) is 0.718. The van der Waals surface area contributed by atoms with Gasteiger partial charge in [-0.25, -0.2) is 0 Å². The second kappa shape index (κ2) is 10.6. The van der Waals surface area contributed by atoms with Gasteiger partial charge in [0.25, 0.3) is 0 Å². The number of nitrogens with one attached hydrogen (secondary N) is 1. The van der Waals surface area contributed by atoms with Gasteiger partial charge in [-0.05, 0) is 41.8 Å². The molecule has 0 fully saturated rings. The Balaban J connectivity index is 1.76. The number of halogens is 1. The van der Waals surface area contributed by atoms with E-state index < -0.39 is 0 Å². The fourth-order valence-corrected chi connectivity index (χ4v) is 2.92. The number of hydrogen-bond donors (Lipinski definition) is 1. The molecule has 0 aliphatic rings. The van der Waals surface area contributed by atoms with E-state index in [1.807, 2.05) is 48.5 Å². The van der Waals surface area contributed by atoms with Crippen molar-refractivity contribution in [1.82, 2.24) is 10.2 Å². The minimum atomic E-state index is -0.0708. The largest absolute Gasteiger partial charge is 0.497 e. The topological polar surface area (TPSA) is 58.6 Å². The van der Waals surface area contributed by atoms with Crippen molar-refractivity contribution in [2.45, 2.75) is 19.8 Å². The normalized spacial score (nSPS) is 10.3. The predicted octanol–water partition coefficient (Wildman–Crippen LogP) is 3.10. The standard InChI is InChI=1S/C21H25ClN2O3/c1-16(25)24(12-10-17-4-3-5-19(22)14-17)13-11-23-21(26)15-18-6-8-20(27-2)9-7-18/h3-9,14H,10-13,15H2,1-2H3,(H,23,26). The molecule has 5 nitrogen and oxygen atoms in total. The molecule has 0 aliphatic carbocycles. The van der Waals surface area contributed by atoms with Gasteiger partial charge in [0, 0.05) is 31.6 Å². The monoisotopic (exact) mass is 388 g/mol. The summed E-state index contributed by atoms with van der Waals surface area (Å²) in [6.45, 7) is 3.02. The van der Waals surface area contributed by atoms with Crippen LogP contribution in [0.3, 0.4) is 0 Å². The lowest BCUT2D eigenvalue weighted by molar-refractivity contribution is -0.129. The van der Waals surface area contributed by atoms with Gasteiger partial charge in [-0.15, -0.1) is 0 Å². The van der Waals surface area contributed by atoms with Crippen LogP contribution in [0.1, 0.15) is 18.1 Å². The number of carbonyl (C=O) groups is 2. The van der Waals surface area contributed by atoms with E-state index in [9.17, 15) is 9.59 Å². The van der Waals surface area contributed by atoms with Gasteiger partial charge in [-0.2, -0.15) is 0 Å². The number of benzene rings is 2. The molecule has 6 heteroatoms. The van der Waals surface area contributed by atoms with Gasteiger partial charge in [0.1, 0.15) is 5.75 Å². The van der Waals surface area contributed by atoms with Gasteiger partial charge in [0.05, 0.1) is 13.5 Å². The van der Waals surface area contributed by atoms with Crippen LogP contribution >= 0.6 is 11.6 Å². The Morgan fingerprint density at radius 2 is 1.81 bits per heavy atom. The van der Waals surface area contributed by atoms with Gasteiger partial charge in [-0.3, -0.25) is 9.59 Å². The minimum absolute atomic E-state index is 0.0126. The summed E-state index contributed by atoms with van der Waals surface area (Å²) >= 11 is 5.99. The highest BCUT2D eigenvalue weighted by molar-refractivity contribution is 6.30. The third kappa shape index (κ3) is 7.31. The SMILES string of the molecule is COc1ccc(CC(=O)NCCN(CCc2cccc(Cl)c2)C(C)=O)cc1. The number of methoxy groups -OCH3 is 1. The molecule has 0 heterocycles. The summed E-state index contributed by atoms with van der Waals surface area (Å²) in [5, 5.41) is 3.55. The molecule has 0 spiro atoms. The van der Waals surface area contributed by atoms with Crippen LogP contribution in [0.25, 0.3) is 0 Å². The molecular formula is C21H25ClN2O3. The average Bonchev–Trinajstić information content (AvgIpc) is 2.65. The fourth-order valence-electron chi connectivity index (χ4n) is 2.70. The third-order valence-electron chi connectivity index (χ3n) is 4.23. The zero-order valence-corrected chi connectivity index (χ0v) is 16.5. The molecule has 2 amide bonds. The molecule has 2 aromatic rings. The Labute approximate surface area is 165 Å². The van der Waals surface area contributed by atoms with Crippen molar-refractivity contribution in [2.24, 2.45) is 0 Å². The van der Waals surface area contributed by atoms with Crippen molar-refractivity contribution in [2.75, 3.05) is 26.7 Å². The summed E-state index contributed by atoms with van der Waals surface area (Å²) in [6.07, 6.45) is 1.02. The van der Waals surface area contributed by atoms with E-state index >= 15 is 0 Å². The van der Waals surface area contributed by atoms with Crippen LogP contribution in [0.4, 0.5) is 0 Å². The summed E-state index contributed by atoms with van der Waals surface area (Å²) in [5.41, 5.74) is 2.00. The Bertz CT molecular complexity index is 762. The highest BCUT2D eigenvalue weighted by Gasteiger charge is 2.10. The van der Waals surface area contributed by atoms with Crippen LogP contribution in [-0.2, 0) is 22.4 Å². The molecule has 1 N–H and O–H groups in total. The average molecular weight is 389 g/mol. The van der Waals surface area contributed by atoms with Crippen molar-refractivity contribution in [3.8, 4) is 5.75 Å². The van der Waals surface area contributed by atoms with Crippen LogP contribution in [0.5, 0.6) is 5.75 Å². The first-order chi connectivity index (χ1) is 13.0. The highest BCUT2D eigenvalue weighted by atomic mass is 35.5. The maximum absolute atomic E-state index is 12.1. The molecule has 2 aromatic carbocycles. The Kier molecular flexibility index (Phi) is 8.14. The van der Waals surface area contributed by atoms with E-state index in [1.165, 1.54) is 6.92 Å². The Hall–Kier alpha value is -2.53. The second-order valence-electron chi connectivity index (χ2n) is 6.26. The van der Waals surface area contributed by atoms with E-state index in [1.54, 1.807) is 12.0 Å². The van der Waals surface area contributed by atoms with Gasteiger partial charge in [0.15, 0.2) is 0 Å². The summed E-state index contributed by atoms with van der Waals surface area (Å²) in [6, 6.07) is 15.0. The first kappa shape index (κ1) is 20.8. The molecule has 144 valence electrons. The van der Waals surface area contributed by atoms with Crippen molar-refractivity contribution < 1.29 is 14.3 Å². The number of carbonyl (C=O) groups excluding carboxylic acids is 2. The van der Waals surface area contributed by atoms with Crippen LogP contribution in [0.2, 0.25) is 5.02 Å². The van der Waals surface area contributed by atoms with E-state index in [2.05, 4.69) is 5.32 Å². The molecule has 0 saturated carbocycles. The third-order valence-corrected chi connectivity index (χ3v) is 4.47. The smallest absolute Gasteiger partial charge is 0.224 e. The van der Waals surface area contributed by atoms with Crippen molar-refractivity contribution in [3.05, 3.63) is 64.7 Å². The fraction of sp³-hybridized carbons (Fsp3) is 0.333. The van der Waals surface area contributed by atoms with Crippen LogP contribution in [-0.4, -0.2) is 43.5 Å². The van der Waals surface area contributed by atoms with Crippen LogP contribution in [0.15, 0.2) is 48.5 Å². The van der Waals surface area contributed by atoms with Gasteiger partial charge < -0.3 is 15.0 Å². The van der Waals surface area contributed by atoms with Crippen molar-refractivity contribution in [1.29, 1.82) is 0 Å². The predicted molar refractivity (Wildman–Crippen MR) is 107 cm³/mol. The molecule has 0 atom stereocenters. The molecular weight excluding hydrogens is 364 g/mol. The summed E-state index contributed by atoms with van der Waals surface area (Å²) in [5.74, 6) is 0.677. The van der Waals surface area contributed by atoms with Crippen LogP contribution in [0, 0.1) is 0 Å². The van der Waals surface area contributed by atoms with E-state index in [0.29, 0.717) is 31.1 Å². The highest BCUT2D eigenvalue weighted by Crippen LogP contribution is 2.12. The zero-order chi connectivity index (χ0) is 19.6. The lowest BCUT2D eigenvalue weighted by Gasteiger charge is -2.21. The molecule has 27 heavy (non-hydrogen) atoms. The summed E-state index contributed by atoms with van der Waals surface area (Å²) < 4.78 is 5.10.